The minimum absolute atomic E-state index is 0.0376. The van der Waals surface area contributed by atoms with Gasteiger partial charge in [-0.3, -0.25) is 4.79 Å². The molecule has 1 aromatic heterocycles. The van der Waals surface area contributed by atoms with Crippen LogP contribution in [0.1, 0.15) is 25.8 Å². The molecular formula is C21H23N3O2. The van der Waals surface area contributed by atoms with Crippen molar-refractivity contribution >= 4 is 22.8 Å². The second kappa shape index (κ2) is 7.95. The molecule has 1 atom stereocenters. The van der Waals surface area contributed by atoms with Gasteiger partial charge in [-0.25, -0.2) is 9.97 Å². The number of rotatable bonds is 6. The van der Waals surface area contributed by atoms with Crippen molar-refractivity contribution in [2.75, 3.05) is 11.9 Å². The summed E-state index contributed by atoms with van der Waals surface area (Å²) in [7, 11) is 0. The van der Waals surface area contributed by atoms with Gasteiger partial charge in [0.2, 0.25) is 5.95 Å². The third-order valence-electron chi connectivity index (χ3n) is 4.20. The summed E-state index contributed by atoms with van der Waals surface area (Å²) in [5.74, 6) is 0.106. The first kappa shape index (κ1) is 17.9. The fourth-order valence-corrected chi connectivity index (χ4v) is 2.64. The average Bonchev–Trinajstić information content (AvgIpc) is 2.66. The number of aromatic nitrogens is 2. The number of hydrogen-bond acceptors (Lipinski definition) is 5. The molecular weight excluding hydrogens is 326 g/mol. The Morgan fingerprint density at radius 3 is 2.65 bits per heavy atom. The zero-order chi connectivity index (χ0) is 18.5. The third kappa shape index (κ3) is 4.17. The molecule has 0 radical (unpaired) electrons. The lowest BCUT2D eigenvalue weighted by molar-refractivity contribution is -0.146. The van der Waals surface area contributed by atoms with Crippen LogP contribution in [-0.4, -0.2) is 28.6 Å². The molecule has 0 aliphatic rings. The maximum absolute atomic E-state index is 11.9. The summed E-state index contributed by atoms with van der Waals surface area (Å²) in [5.41, 5.74) is 3.84. The van der Waals surface area contributed by atoms with Crippen LogP contribution in [0.5, 0.6) is 0 Å². The first-order valence-electron chi connectivity index (χ1n) is 8.84. The molecule has 3 rings (SSSR count). The molecule has 2 aromatic carbocycles. The summed E-state index contributed by atoms with van der Waals surface area (Å²) in [5, 5.41) is 3.98. The Kier molecular flexibility index (Phi) is 5.46. The van der Waals surface area contributed by atoms with Gasteiger partial charge in [0.25, 0.3) is 0 Å². The van der Waals surface area contributed by atoms with E-state index in [4.69, 9.17) is 4.74 Å². The Morgan fingerprint density at radius 2 is 1.92 bits per heavy atom. The van der Waals surface area contributed by atoms with E-state index in [0.29, 0.717) is 5.95 Å². The van der Waals surface area contributed by atoms with Crippen LogP contribution >= 0.6 is 0 Å². The lowest BCUT2D eigenvalue weighted by Crippen LogP contribution is -2.22. The molecule has 0 aliphatic carbocycles. The summed E-state index contributed by atoms with van der Waals surface area (Å²) >= 11 is 0. The molecule has 0 spiro atoms. The molecule has 26 heavy (non-hydrogen) atoms. The number of fused-ring (bicyclic) bond motifs is 1. The monoisotopic (exact) mass is 349 g/mol. The van der Waals surface area contributed by atoms with E-state index in [1.54, 1.807) is 0 Å². The number of hydrogen-bond donors (Lipinski definition) is 1. The normalized spacial score (nSPS) is 12.0. The average molecular weight is 349 g/mol. The second-order valence-corrected chi connectivity index (χ2v) is 6.34. The van der Waals surface area contributed by atoms with Gasteiger partial charge < -0.3 is 10.1 Å². The summed E-state index contributed by atoms with van der Waals surface area (Å²) in [6.45, 7) is 5.94. The minimum Gasteiger partial charge on any atom is -0.461 e. The molecule has 0 saturated carbocycles. The molecule has 0 saturated heterocycles. The van der Waals surface area contributed by atoms with E-state index >= 15 is 0 Å². The highest BCUT2D eigenvalue weighted by Crippen LogP contribution is 2.27. The number of esters is 1. The van der Waals surface area contributed by atoms with Gasteiger partial charge in [0.15, 0.2) is 0 Å². The lowest BCUT2D eigenvalue weighted by Gasteiger charge is -2.13. The van der Waals surface area contributed by atoms with Crippen molar-refractivity contribution in [3.63, 3.8) is 0 Å². The predicted molar refractivity (Wildman–Crippen MR) is 104 cm³/mol. The first-order chi connectivity index (χ1) is 12.6. The van der Waals surface area contributed by atoms with Crippen LogP contribution in [-0.2, 0) is 9.53 Å². The van der Waals surface area contributed by atoms with Gasteiger partial charge in [-0.2, -0.15) is 0 Å². The maximum Gasteiger partial charge on any atom is 0.325 e. The molecule has 3 aromatic rings. The Labute approximate surface area is 153 Å². The van der Waals surface area contributed by atoms with Gasteiger partial charge >= 0.3 is 5.97 Å². The quantitative estimate of drug-likeness (QED) is 0.670. The topological polar surface area (TPSA) is 64.1 Å². The molecule has 0 amide bonds. The number of nitrogens with zero attached hydrogens (tertiary/aromatic N) is 2. The summed E-state index contributed by atoms with van der Waals surface area (Å²) in [6, 6.07) is 16.1. The van der Waals surface area contributed by atoms with E-state index < -0.39 is 0 Å². The number of carbonyl (C=O) groups excluding carboxylic acids is 1. The zero-order valence-electron chi connectivity index (χ0n) is 15.3. The van der Waals surface area contributed by atoms with Crippen LogP contribution in [0.4, 0.5) is 5.95 Å². The van der Waals surface area contributed by atoms with Gasteiger partial charge in [0.05, 0.1) is 17.3 Å². The number of nitrogens with one attached hydrogen (secondary N) is 1. The SMILES string of the molecule is CCC(C)OC(=O)CNc1nc(-c2ccccc2)c2cc(C)ccc2n1. The van der Waals surface area contributed by atoms with Gasteiger partial charge in [0.1, 0.15) is 6.54 Å². The van der Waals surface area contributed by atoms with Gasteiger partial charge in [-0.15, -0.1) is 0 Å². The number of carbonyl (C=O) groups is 1. The molecule has 5 heteroatoms. The third-order valence-corrected chi connectivity index (χ3v) is 4.20. The fraction of sp³-hybridized carbons (Fsp3) is 0.286. The van der Waals surface area contributed by atoms with Crippen LogP contribution in [0, 0.1) is 6.92 Å². The van der Waals surface area contributed by atoms with Crippen LogP contribution < -0.4 is 5.32 Å². The van der Waals surface area contributed by atoms with Crippen molar-refractivity contribution in [1.82, 2.24) is 9.97 Å². The Hall–Kier alpha value is -2.95. The van der Waals surface area contributed by atoms with Crippen LogP contribution in [0.2, 0.25) is 0 Å². The Bertz CT molecular complexity index is 910. The van der Waals surface area contributed by atoms with E-state index in [9.17, 15) is 4.79 Å². The van der Waals surface area contributed by atoms with E-state index in [1.807, 2.05) is 63.2 Å². The van der Waals surface area contributed by atoms with E-state index in [0.717, 1.165) is 34.1 Å². The van der Waals surface area contributed by atoms with Crippen molar-refractivity contribution in [3.8, 4) is 11.3 Å². The first-order valence-corrected chi connectivity index (χ1v) is 8.84. The summed E-state index contributed by atoms with van der Waals surface area (Å²) in [4.78, 5) is 21.1. The second-order valence-electron chi connectivity index (χ2n) is 6.34. The fourth-order valence-electron chi connectivity index (χ4n) is 2.64. The molecule has 0 bridgehead atoms. The molecule has 0 aliphatic heterocycles. The van der Waals surface area contributed by atoms with Gasteiger partial charge in [0, 0.05) is 10.9 Å². The molecule has 1 heterocycles. The number of anilines is 1. The Morgan fingerprint density at radius 1 is 1.15 bits per heavy atom. The molecule has 1 unspecified atom stereocenters. The van der Waals surface area contributed by atoms with Gasteiger partial charge in [-0.05, 0) is 32.4 Å². The number of ether oxygens (including phenoxy) is 1. The van der Waals surface area contributed by atoms with Crippen molar-refractivity contribution in [3.05, 3.63) is 54.1 Å². The highest BCUT2D eigenvalue weighted by Gasteiger charge is 2.12. The van der Waals surface area contributed by atoms with E-state index in [1.165, 1.54) is 0 Å². The molecule has 0 fully saturated rings. The zero-order valence-corrected chi connectivity index (χ0v) is 15.3. The Balaban J connectivity index is 1.92. The van der Waals surface area contributed by atoms with E-state index in [-0.39, 0.29) is 18.6 Å². The molecule has 1 N–H and O–H groups in total. The van der Waals surface area contributed by atoms with Crippen molar-refractivity contribution < 1.29 is 9.53 Å². The highest BCUT2D eigenvalue weighted by atomic mass is 16.5. The number of benzene rings is 2. The molecule has 134 valence electrons. The van der Waals surface area contributed by atoms with Gasteiger partial charge in [-0.1, -0.05) is 48.9 Å². The smallest absolute Gasteiger partial charge is 0.325 e. The molecule has 5 nitrogen and oxygen atoms in total. The lowest BCUT2D eigenvalue weighted by atomic mass is 10.0. The van der Waals surface area contributed by atoms with E-state index in [2.05, 4.69) is 21.4 Å². The summed E-state index contributed by atoms with van der Waals surface area (Å²) in [6.07, 6.45) is 0.695. The van der Waals surface area contributed by atoms with Crippen molar-refractivity contribution in [1.29, 1.82) is 0 Å². The van der Waals surface area contributed by atoms with Crippen LogP contribution in [0.25, 0.3) is 22.2 Å². The van der Waals surface area contributed by atoms with Crippen molar-refractivity contribution in [2.24, 2.45) is 0 Å². The predicted octanol–water partition coefficient (Wildman–Crippen LogP) is 4.36. The number of aryl methyl sites for hydroxylation is 1. The highest BCUT2D eigenvalue weighted by molar-refractivity contribution is 5.93. The van der Waals surface area contributed by atoms with Crippen LogP contribution in [0.3, 0.4) is 0 Å². The largest absolute Gasteiger partial charge is 0.461 e. The van der Waals surface area contributed by atoms with Crippen molar-refractivity contribution in [2.45, 2.75) is 33.3 Å². The van der Waals surface area contributed by atoms with Crippen LogP contribution in [0.15, 0.2) is 48.5 Å². The summed E-state index contributed by atoms with van der Waals surface area (Å²) < 4.78 is 5.28. The maximum atomic E-state index is 11.9. The standard InChI is InChI=1S/C21H23N3O2/c1-4-15(3)26-19(25)13-22-21-23-18-11-10-14(2)12-17(18)20(24-21)16-8-6-5-7-9-16/h5-12,15H,4,13H2,1-3H3,(H,22,23,24). The minimum atomic E-state index is -0.312.